The van der Waals surface area contributed by atoms with Crippen LogP contribution >= 0.6 is 0 Å². The first-order valence-corrected chi connectivity index (χ1v) is 8.60. The van der Waals surface area contributed by atoms with Crippen LogP contribution in [0.15, 0.2) is 35.9 Å². The van der Waals surface area contributed by atoms with Gasteiger partial charge in [0.25, 0.3) is 5.91 Å². The van der Waals surface area contributed by atoms with E-state index in [4.69, 9.17) is 4.74 Å². The molecular formula is C21H23N3O3. The normalized spacial score (nSPS) is 11.0. The van der Waals surface area contributed by atoms with Crippen molar-refractivity contribution in [2.75, 3.05) is 20.7 Å². The molecule has 140 valence electrons. The Hall–Kier alpha value is -3.33. The van der Waals surface area contributed by atoms with E-state index in [0.29, 0.717) is 12.2 Å². The molecule has 0 radical (unpaired) electrons. The number of amides is 1. The standard InChI is InChI=1S/C21H23N3O3/c1-6-27-21(26)16-8-7-9-19(12-16)24-14(2)10-17(15(24)3)11-18(13-22)20(25)23(4)5/h7-12H,6H2,1-5H3/b18-11-. The van der Waals surface area contributed by atoms with E-state index in [0.717, 1.165) is 22.6 Å². The molecule has 1 heterocycles. The molecule has 0 aliphatic heterocycles. The third kappa shape index (κ3) is 4.26. The molecule has 0 aliphatic carbocycles. The SMILES string of the molecule is CCOC(=O)c1cccc(-n2c(C)cc(/C=C(/C#N)C(=O)N(C)C)c2C)c1. The van der Waals surface area contributed by atoms with E-state index < -0.39 is 0 Å². The van der Waals surface area contributed by atoms with E-state index in [1.165, 1.54) is 4.90 Å². The highest BCUT2D eigenvalue weighted by Gasteiger charge is 2.16. The molecule has 0 saturated carbocycles. The Balaban J connectivity index is 2.51. The van der Waals surface area contributed by atoms with Crippen molar-refractivity contribution in [3.8, 4) is 11.8 Å². The van der Waals surface area contributed by atoms with Crippen molar-refractivity contribution in [3.63, 3.8) is 0 Å². The zero-order valence-corrected chi connectivity index (χ0v) is 16.2. The van der Waals surface area contributed by atoms with Gasteiger partial charge in [0.2, 0.25) is 0 Å². The van der Waals surface area contributed by atoms with Crippen molar-refractivity contribution in [2.45, 2.75) is 20.8 Å². The van der Waals surface area contributed by atoms with E-state index >= 15 is 0 Å². The second-order valence-electron chi connectivity index (χ2n) is 6.30. The van der Waals surface area contributed by atoms with Crippen molar-refractivity contribution >= 4 is 18.0 Å². The van der Waals surface area contributed by atoms with E-state index in [1.54, 1.807) is 45.3 Å². The molecule has 6 nitrogen and oxygen atoms in total. The molecular weight excluding hydrogens is 342 g/mol. The summed E-state index contributed by atoms with van der Waals surface area (Å²) in [5, 5.41) is 9.31. The molecule has 0 N–H and O–H groups in total. The molecule has 0 saturated heterocycles. The number of hydrogen-bond acceptors (Lipinski definition) is 4. The summed E-state index contributed by atoms with van der Waals surface area (Å²) in [7, 11) is 3.22. The number of ether oxygens (including phenoxy) is 1. The first-order chi connectivity index (χ1) is 12.8. The van der Waals surface area contributed by atoms with E-state index in [1.807, 2.05) is 36.6 Å². The van der Waals surface area contributed by atoms with E-state index in [9.17, 15) is 14.9 Å². The van der Waals surface area contributed by atoms with Gasteiger partial charge in [0.15, 0.2) is 0 Å². The van der Waals surface area contributed by atoms with Gasteiger partial charge in [-0.3, -0.25) is 4.79 Å². The third-order valence-electron chi connectivity index (χ3n) is 4.14. The van der Waals surface area contributed by atoms with Gasteiger partial charge in [-0.15, -0.1) is 0 Å². The fraction of sp³-hybridized carbons (Fsp3) is 0.286. The largest absolute Gasteiger partial charge is 0.462 e. The number of carbonyl (C=O) groups excluding carboxylic acids is 2. The molecule has 0 fully saturated rings. The number of benzene rings is 1. The minimum atomic E-state index is -0.370. The van der Waals surface area contributed by atoms with Crippen LogP contribution in [0.5, 0.6) is 0 Å². The third-order valence-corrected chi connectivity index (χ3v) is 4.14. The average molecular weight is 365 g/mol. The van der Waals surface area contributed by atoms with Gasteiger partial charge in [-0.05, 0) is 56.7 Å². The second-order valence-corrected chi connectivity index (χ2v) is 6.30. The Bertz CT molecular complexity index is 946. The van der Waals surface area contributed by atoms with Gasteiger partial charge < -0.3 is 14.2 Å². The zero-order valence-electron chi connectivity index (χ0n) is 16.2. The zero-order chi connectivity index (χ0) is 20.1. The highest BCUT2D eigenvalue weighted by Crippen LogP contribution is 2.24. The maximum Gasteiger partial charge on any atom is 0.338 e. The molecule has 1 aromatic carbocycles. The molecule has 0 aliphatic rings. The summed E-state index contributed by atoms with van der Waals surface area (Å²) in [4.78, 5) is 25.5. The highest BCUT2D eigenvalue weighted by atomic mass is 16.5. The number of aryl methyl sites for hydroxylation is 1. The van der Waals surface area contributed by atoms with Crippen LogP contribution in [0, 0.1) is 25.2 Å². The summed E-state index contributed by atoms with van der Waals surface area (Å²) < 4.78 is 7.04. The van der Waals surface area contributed by atoms with Crippen LogP contribution in [0.25, 0.3) is 11.8 Å². The summed E-state index contributed by atoms with van der Waals surface area (Å²) in [5.74, 6) is -0.711. The molecule has 2 rings (SSSR count). The van der Waals surface area contributed by atoms with Gasteiger partial charge in [-0.25, -0.2) is 4.79 Å². The quantitative estimate of drug-likeness (QED) is 0.463. The summed E-state index contributed by atoms with van der Waals surface area (Å²) >= 11 is 0. The lowest BCUT2D eigenvalue weighted by Crippen LogP contribution is -2.22. The number of hydrogen-bond donors (Lipinski definition) is 0. The maximum absolute atomic E-state index is 12.1. The van der Waals surface area contributed by atoms with Crippen LogP contribution in [-0.2, 0) is 9.53 Å². The Morgan fingerprint density at radius 3 is 2.56 bits per heavy atom. The van der Waals surface area contributed by atoms with Gasteiger partial charge in [0.1, 0.15) is 11.6 Å². The van der Waals surface area contributed by atoms with Crippen LogP contribution in [0.3, 0.4) is 0 Å². The number of carbonyl (C=O) groups is 2. The highest BCUT2D eigenvalue weighted by molar-refractivity contribution is 6.01. The van der Waals surface area contributed by atoms with Gasteiger partial charge in [0, 0.05) is 31.2 Å². The fourth-order valence-corrected chi connectivity index (χ4v) is 2.86. The molecule has 0 atom stereocenters. The number of rotatable bonds is 5. The monoisotopic (exact) mass is 365 g/mol. The molecule has 0 spiro atoms. The molecule has 6 heteroatoms. The first-order valence-electron chi connectivity index (χ1n) is 8.60. The number of esters is 1. The summed E-state index contributed by atoms with van der Waals surface area (Å²) in [5.41, 5.74) is 3.93. The van der Waals surface area contributed by atoms with Crippen LogP contribution in [-0.4, -0.2) is 42.0 Å². The van der Waals surface area contributed by atoms with Crippen molar-refractivity contribution in [1.29, 1.82) is 5.26 Å². The van der Waals surface area contributed by atoms with Crippen LogP contribution < -0.4 is 0 Å². The molecule has 0 unspecified atom stereocenters. The summed E-state index contributed by atoms with van der Waals surface area (Å²) in [6, 6.07) is 11.0. The Kier molecular flexibility index (Phi) is 6.19. The summed E-state index contributed by atoms with van der Waals surface area (Å²) in [6.07, 6.45) is 1.59. The Labute approximate surface area is 159 Å². The van der Waals surface area contributed by atoms with Crippen molar-refractivity contribution < 1.29 is 14.3 Å². The molecule has 27 heavy (non-hydrogen) atoms. The van der Waals surface area contributed by atoms with Crippen LogP contribution in [0.2, 0.25) is 0 Å². The average Bonchev–Trinajstić information content (AvgIpc) is 2.92. The fourth-order valence-electron chi connectivity index (χ4n) is 2.86. The lowest BCUT2D eigenvalue weighted by Gasteiger charge is -2.11. The van der Waals surface area contributed by atoms with Gasteiger partial charge in [-0.2, -0.15) is 5.26 Å². The number of likely N-dealkylation sites (N-methyl/N-ethyl adjacent to an activating group) is 1. The predicted octanol–water partition coefficient (Wildman–Crippen LogP) is 3.27. The minimum Gasteiger partial charge on any atom is -0.462 e. The predicted molar refractivity (Wildman–Crippen MR) is 103 cm³/mol. The Morgan fingerprint density at radius 1 is 1.26 bits per heavy atom. The number of nitrogens with zero attached hydrogens (tertiary/aromatic N) is 3. The van der Waals surface area contributed by atoms with Crippen molar-refractivity contribution in [1.82, 2.24) is 9.47 Å². The van der Waals surface area contributed by atoms with Crippen LogP contribution in [0.4, 0.5) is 0 Å². The number of aromatic nitrogens is 1. The molecule has 2 aromatic rings. The molecule has 1 amide bonds. The summed E-state index contributed by atoms with van der Waals surface area (Å²) in [6.45, 7) is 5.92. The Morgan fingerprint density at radius 2 is 1.96 bits per heavy atom. The maximum atomic E-state index is 12.1. The first kappa shape index (κ1) is 20.0. The lowest BCUT2D eigenvalue weighted by atomic mass is 10.1. The molecule has 0 bridgehead atoms. The topological polar surface area (TPSA) is 75.3 Å². The van der Waals surface area contributed by atoms with Crippen LogP contribution in [0.1, 0.15) is 34.2 Å². The van der Waals surface area contributed by atoms with E-state index in [-0.39, 0.29) is 17.4 Å². The lowest BCUT2D eigenvalue weighted by molar-refractivity contribution is -0.124. The van der Waals surface area contributed by atoms with Crippen molar-refractivity contribution in [3.05, 3.63) is 58.4 Å². The van der Waals surface area contributed by atoms with Gasteiger partial charge >= 0.3 is 5.97 Å². The van der Waals surface area contributed by atoms with Gasteiger partial charge in [0.05, 0.1) is 12.2 Å². The second kappa shape index (κ2) is 8.37. The van der Waals surface area contributed by atoms with E-state index in [2.05, 4.69) is 0 Å². The van der Waals surface area contributed by atoms with Crippen molar-refractivity contribution in [2.24, 2.45) is 0 Å². The molecule has 1 aromatic heterocycles. The minimum absolute atomic E-state index is 0.0699. The van der Waals surface area contributed by atoms with Gasteiger partial charge in [-0.1, -0.05) is 6.07 Å². The smallest absolute Gasteiger partial charge is 0.338 e. The number of nitriles is 1.